The van der Waals surface area contributed by atoms with Gasteiger partial charge in [-0.2, -0.15) is 0 Å². The standard InChI is InChI=1S/C16H18N4O4/c1-11(2)18-16(21)19(3)12-6-8-13(9-7-12)24-15-14(20(22)23)5-4-10-17-15/h4-11H,1-3H3,(H,18,21). The summed E-state index contributed by atoms with van der Waals surface area (Å²) in [6.07, 6.45) is 1.42. The lowest BCUT2D eigenvalue weighted by molar-refractivity contribution is -0.386. The predicted octanol–water partition coefficient (Wildman–Crippen LogP) is 3.34. The van der Waals surface area contributed by atoms with Gasteiger partial charge >= 0.3 is 11.7 Å². The lowest BCUT2D eigenvalue weighted by Gasteiger charge is -2.20. The fraction of sp³-hybridized carbons (Fsp3) is 0.250. The summed E-state index contributed by atoms with van der Waals surface area (Å²) >= 11 is 0. The summed E-state index contributed by atoms with van der Waals surface area (Å²) in [5, 5.41) is 13.7. The monoisotopic (exact) mass is 330 g/mol. The van der Waals surface area contributed by atoms with Crippen molar-refractivity contribution in [1.82, 2.24) is 10.3 Å². The lowest BCUT2D eigenvalue weighted by Crippen LogP contribution is -2.40. The highest BCUT2D eigenvalue weighted by Gasteiger charge is 2.17. The van der Waals surface area contributed by atoms with E-state index in [0.29, 0.717) is 11.4 Å². The van der Waals surface area contributed by atoms with Crippen molar-refractivity contribution < 1.29 is 14.5 Å². The third kappa shape index (κ3) is 4.19. The van der Waals surface area contributed by atoms with E-state index in [2.05, 4.69) is 10.3 Å². The second-order valence-electron chi connectivity index (χ2n) is 5.34. The molecular weight excluding hydrogens is 312 g/mol. The van der Waals surface area contributed by atoms with Gasteiger partial charge in [0.15, 0.2) is 0 Å². The molecule has 0 aliphatic carbocycles. The number of rotatable bonds is 5. The summed E-state index contributed by atoms with van der Waals surface area (Å²) < 4.78 is 5.46. The minimum atomic E-state index is -0.555. The molecule has 0 saturated heterocycles. The van der Waals surface area contributed by atoms with E-state index in [1.54, 1.807) is 31.3 Å². The van der Waals surface area contributed by atoms with Crippen molar-refractivity contribution >= 4 is 17.4 Å². The van der Waals surface area contributed by atoms with Gasteiger partial charge in [0.05, 0.1) is 4.92 Å². The third-order valence-corrected chi connectivity index (χ3v) is 3.10. The van der Waals surface area contributed by atoms with Crippen LogP contribution in [0.5, 0.6) is 11.6 Å². The maximum Gasteiger partial charge on any atom is 0.331 e. The van der Waals surface area contributed by atoms with Crippen LogP contribution in [0, 0.1) is 10.1 Å². The molecule has 0 spiro atoms. The van der Waals surface area contributed by atoms with E-state index in [-0.39, 0.29) is 23.6 Å². The molecule has 0 bridgehead atoms. The molecule has 2 aromatic rings. The van der Waals surface area contributed by atoms with Crippen LogP contribution in [0.4, 0.5) is 16.2 Å². The number of hydrogen-bond donors (Lipinski definition) is 1. The number of aromatic nitrogens is 1. The number of ether oxygens (including phenoxy) is 1. The van der Waals surface area contributed by atoms with Crippen LogP contribution in [0.1, 0.15) is 13.8 Å². The predicted molar refractivity (Wildman–Crippen MR) is 89.5 cm³/mol. The van der Waals surface area contributed by atoms with Crippen molar-refractivity contribution in [3.05, 3.63) is 52.7 Å². The van der Waals surface area contributed by atoms with Crippen molar-refractivity contribution in [1.29, 1.82) is 0 Å². The van der Waals surface area contributed by atoms with Gasteiger partial charge in [-0.15, -0.1) is 0 Å². The number of hydrogen-bond acceptors (Lipinski definition) is 5. The number of amides is 2. The second kappa shape index (κ2) is 7.40. The van der Waals surface area contributed by atoms with Crippen LogP contribution in [-0.2, 0) is 0 Å². The molecule has 8 nitrogen and oxygen atoms in total. The fourth-order valence-corrected chi connectivity index (χ4v) is 1.91. The van der Waals surface area contributed by atoms with Crippen LogP contribution in [0.2, 0.25) is 0 Å². The molecule has 1 N–H and O–H groups in total. The molecule has 1 heterocycles. The average molecular weight is 330 g/mol. The van der Waals surface area contributed by atoms with Crippen LogP contribution < -0.4 is 15.0 Å². The Kier molecular flexibility index (Phi) is 5.31. The highest BCUT2D eigenvalue weighted by Crippen LogP contribution is 2.29. The summed E-state index contributed by atoms with van der Waals surface area (Å²) in [5.41, 5.74) is 0.450. The first-order valence-electron chi connectivity index (χ1n) is 7.30. The summed E-state index contributed by atoms with van der Waals surface area (Å²) in [4.78, 5) is 27.7. The van der Waals surface area contributed by atoms with Crippen LogP contribution in [0.25, 0.3) is 0 Å². The van der Waals surface area contributed by atoms with E-state index >= 15 is 0 Å². The normalized spacial score (nSPS) is 10.3. The van der Waals surface area contributed by atoms with Crippen molar-refractivity contribution in [2.45, 2.75) is 19.9 Å². The first-order chi connectivity index (χ1) is 11.4. The maximum absolute atomic E-state index is 11.9. The maximum atomic E-state index is 11.9. The first-order valence-corrected chi connectivity index (χ1v) is 7.30. The van der Waals surface area contributed by atoms with Crippen molar-refractivity contribution in [2.24, 2.45) is 0 Å². The van der Waals surface area contributed by atoms with Gasteiger partial charge in [-0.3, -0.25) is 15.0 Å². The zero-order valence-corrected chi connectivity index (χ0v) is 13.6. The number of benzene rings is 1. The summed E-state index contributed by atoms with van der Waals surface area (Å²) in [6, 6.07) is 9.21. The van der Waals surface area contributed by atoms with E-state index in [9.17, 15) is 14.9 Å². The number of nitrogens with zero attached hydrogens (tertiary/aromatic N) is 3. The topological polar surface area (TPSA) is 97.6 Å². The Morgan fingerprint density at radius 2 is 1.96 bits per heavy atom. The number of anilines is 1. The highest BCUT2D eigenvalue weighted by atomic mass is 16.6. The number of carbonyl (C=O) groups is 1. The quantitative estimate of drug-likeness (QED) is 0.670. The van der Waals surface area contributed by atoms with E-state index in [1.807, 2.05) is 13.8 Å². The zero-order chi connectivity index (χ0) is 17.7. The van der Waals surface area contributed by atoms with E-state index in [4.69, 9.17) is 4.74 Å². The molecule has 2 rings (SSSR count). The largest absolute Gasteiger partial charge is 0.434 e. The Morgan fingerprint density at radius 3 is 2.54 bits per heavy atom. The second-order valence-corrected chi connectivity index (χ2v) is 5.34. The molecule has 1 aromatic carbocycles. The Balaban J connectivity index is 2.13. The lowest BCUT2D eigenvalue weighted by atomic mass is 10.3. The van der Waals surface area contributed by atoms with E-state index in [0.717, 1.165) is 0 Å². The molecule has 0 fully saturated rings. The number of urea groups is 1. The number of nitro groups is 1. The minimum Gasteiger partial charge on any atom is -0.434 e. The van der Waals surface area contributed by atoms with Gasteiger partial charge in [0.1, 0.15) is 5.75 Å². The molecule has 24 heavy (non-hydrogen) atoms. The molecule has 0 atom stereocenters. The number of carbonyl (C=O) groups excluding carboxylic acids is 1. The van der Waals surface area contributed by atoms with Crippen LogP contribution in [0.15, 0.2) is 42.6 Å². The Morgan fingerprint density at radius 1 is 1.29 bits per heavy atom. The number of pyridine rings is 1. The fourth-order valence-electron chi connectivity index (χ4n) is 1.91. The Bertz CT molecular complexity index is 731. The molecule has 0 aliphatic rings. The van der Waals surface area contributed by atoms with E-state index in [1.165, 1.54) is 23.2 Å². The van der Waals surface area contributed by atoms with Crippen LogP contribution >= 0.6 is 0 Å². The molecule has 8 heteroatoms. The smallest absolute Gasteiger partial charge is 0.331 e. The van der Waals surface area contributed by atoms with Crippen LogP contribution in [0.3, 0.4) is 0 Å². The van der Waals surface area contributed by atoms with Crippen molar-refractivity contribution in [3.63, 3.8) is 0 Å². The van der Waals surface area contributed by atoms with Gasteiger partial charge < -0.3 is 10.1 Å². The number of nitrogens with one attached hydrogen (secondary N) is 1. The van der Waals surface area contributed by atoms with Crippen LogP contribution in [-0.4, -0.2) is 29.0 Å². The van der Waals surface area contributed by atoms with Gasteiger partial charge in [0.25, 0.3) is 5.88 Å². The molecule has 0 radical (unpaired) electrons. The van der Waals surface area contributed by atoms with Gasteiger partial charge in [-0.1, -0.05) is 0 Å². The molecular formula is C16H18N4O4. The molecule has 0 unspecified atom stereocenters. The molecule has 0 saturated carbocycles. The SMILES string of the molecule is CC(C)NC(=O)N(C)c1ccc(Oc2ncccc2[N+](=O)[O-])cc1. The molecule has 126 valence electrons. The van der Waals surface area contributed by atoms with Gasteiger partial charge in [-0.25, -0.2) is 9.78 Å². The minimum absolute atomic E-state index is 0.0345. The zero-order valence-electron chi connectivity index (χ0n) is 13.6. The molecule has 0 aliphatic heterocycles. The van der Waals surface area contributed by atoms with Gasteiger partial charge in [-0.05, 0) is 44.2 Å². The van der Waals surface area contributed by atoms with Gasteiger partial charge in [0.2, 0.25) is 0 Å². The summed E-state index contributed by atoms with van der Waals surface area (Å²) in [6.45, 7) is 3.75. The van der Waals surface area contributed by atoms with Gasteiger partial charge in [0, 0.05) is 31.0 Å². The van der Waals surface area contributed by atoms with Crippen molar-refractivity contribution in [2.75, 3.05) is 11.9 Å². The summed E-state index contributed by atoms with van der Waals surface area (Å²) in [7, 11) is 1.65. The molecule has 1 aromatic heterocycles. The summed E-state index contributed by atoms with van der Waals surface area (Å²) in [5.74, 6) is 0.305. The first kappa shape index (κ1) is 17.2. The molecule has 2 amide bonds. The third-order valence-electron chi connectivity index (χ3n) is 3.10. The average Bonchev–Trinajstić information content (AvgIpc) is 2.54. The Labute approximate surface area is 139 Å². The Hall–Kier alpha value is -3.16. The van der Waals surface area contributed by atoms with Crippen molar-refractivity contribution in [3.8, 4) is 11.6 Å². The highest BCUT2D eigenvalue weighted by molar-refractivity contribution is 5.91. The van der Waals surface area contributed by atoms with E-state index < -0.39 is 4.92 Å².